The van der Waals surface area contributed by atoms with Crippen molar-refractivity contribution in [2.45, 2.75) is 124 Å². The zero-order valence-corrected chi connectivity index (χ0v) is 80.9. The molecule has 1 aliphatic carbocycles. The SMILES string of the molecule is CCc1ccccc1-c1cc2cc(NC(=O)c3cnn(C4CCNCC4)c3)ncc2c(N)n1.CCc1ccccc1-c1cc2cc(Nc3cc([C@@H](O)CC)ccn3)ncc2c(N)n1.CCc1ccccc1-c1cc2cc(Nc3cccc(CO)n3)ncc2c(N)n1.CCc1ccccc1-c1cc2cc(Nc3cnn(CCO)c3)ncc2c(N)n1.Cc1c(F)cccc1-c1cc2cc(NC(=O)[C@@H]3C[C@@H]3F)ncc2c(N)n1. The van der Waals surface area contributed by atoms with Crippen LogP contribution in [0.5, 0.6) is 0 Å². The molecule has 1 saturated heterocycles. The van der Waals surface area contributed by atoms with Gasteiger partial charge < -0.3 is 75.9 Å². The number of alkyl halides is 1. The number of hydrogen-bond donors (Lipinski definition) is 14. The molecule has 19 N–H and O–H groups in total. The summed E-state index contributed by atoms with van der Waals surface area (Å²) >= 11 is 0. The monoisotopic (exact) mass is 1940 g/mol. The van der Waals surface area contributed by atoms with Gasteiger partial charge in [-0.2, -0.15) is 10.2 Å². The molecule has 5 aromatic carbocycles. The molecule has 14 aromatic heterocycles. The highest BCUT2D eigenvalue weighted by Crippen LogP contribution is 2.40. The molecule has 3 atom stereocenters. The van der Waals surface area contributed by atoms with Crippen LogP contribution in [0.2, 0.25) is 0 Å². The number of amides is 2. The number of nitrogen functional groups attached to an aromatic ring is 5. The minimum atomic E-state index is -1.07. The Balaban J connectivity index is 0.000000124. The quantitative estimate of drug-likeness (QED) is 0.0253. The summed E-state index contributed by atoms with van der Waals surface area (Å²) in [5.74, 6) is 4.54. The van der Waals surface area contributed by atoms with Gasteiger partial charge in [-0.15, -0.1) is 0 Å². The maximum Gasteiger partial charge on any atom is 0.260 e. The van der Waals surface area contributed by atoms with Crippen molar-refractivity contribution in [3.05, 3.63) is 319 Å². The molecule has 0 bridgehead atoms. The van der Waals surface area contributed by atoms with Crippen molar-refractivity contribution in [2.75, 3.05) is 74.9 Å². The smallest absolute Gasteiger partial charge is 0.260 e. The van der Waals surface area contributed by atoms with Crippen molar-refractivity contribution >= 4 is 141 Å². The zero-order valence-electron chi connectivity index (χ0n) is 80.9. The number of aliphatic hydroxyl groups excluding tert-OH is 3. The first-order valence-electron chi connectivity index (χ1n) is 48.1. The van der Waals surface area contributed by atoms with Crippen LogP contribution in [0, 0.1) is 18.7 Å². The Morgan fingerprint density at radius 2 is 0.855 bits per heavy atom. The third-order valence-corrected chi connectivity index (χ3v) is 25.3. The van der Waals surface area contributed by atoms with E-state index in [1.807, 2.05) is 145 Å². The maximum absolute atomic E-state index is 13.9. The van der Waals surface area contributed by atoms with Gasteiger partial charge in [0.15, 0.2) is 0 Å². The zero-order chi connectivity index (χ0) is 101. The van der Waals surface area contributed by atoms with E-state index in [0.29, 0.717) is 122 Å². The summed E-state index contributed by atoms with van der Waals surface area (Å²) in [6.45, 7) is 14.5. The fourth-order valence-corrected chi connectivity index (χ4v) is 17.3. The number of carbonyl (C=O) groups excluding carboxylic acids is 2. The number of nitrogens with zero attached hydrogens (tertiary/aromatic N) is 16. The van der Waals surface area contributed by atoms with Crippen molar-refractivity contribution < 1.29 is 33.7 Å². The molecule has 19 aromatic rings. The Kier molecular flexibility index (Phi) is 31.1. The average Bonchev–Trinajstić information content (AvgIpc) is 1.61. The fraction of sp³-hybridized carbons (Fsp3) is 0.207. The molecule has 0 spiro atoms. The molecule has 2 aliphatic rings. The van der Waals surface area contributed by atoms with E-state index in [4.69, 9.17) is 33.8 Å². The van der Waals surface area contributed by atoms with E-state index in [2.05, 4.69) is 178 Å². The third kappa shape index (κ3) is 23.6. The molecule has 1 aliphatic heterocycles. The number of halogens is 2. The van der Waals surface area contributed by atoms with Crippen LogP contribution in [0.15, 0.2) is 268 Å². The number of rotatable bonds is 25. The number of hydrogen-bond acceptors (Lipinski definition) is 28. The van der Waals surface area contributed by atoms with Gasteiger partial charge in [0.2, 0.25) is 5.91 Å². The molecule has 2 fully saturated rings. The standard InChI is InChI=1S/C25H27N7O.C24H25N5O.C22H21N5O.C21H22N6O.C19H16F2N4O/c1-2-16-5-3-4-6-20(16)22-11-17-12-23(28-14-21(17)24(26)30-22)31-25(33)18-13-29-32(15-18)19-7-9-27-10-8-19;1-3-15-7-5-6-8-18(15)20-11-17-13-23(27-14-19(17)24(25)28-20)29-22-12-16(9-10-26-22)21(30)4-2;1-2-14-6-3-4-8-17(14)19-10-15-11-21(24-12-18(15)22(23)26-19)27-20-9-5-7-16(13-28)25-20;1-2-14-5-3-4-6-17(14)19-9-15-10-20(23-12-18(15)21(22)26-19)25-16-11-24-27(13-16)7-8-28;1-9-11(3-2-4-14(9)20)16-5-10-6-17(23-8-13(10)18(22)24-16)25-19(26)12-7-15(12)21/h3-6,11-15,19,27H,2,7-10H2,1H3,(H2,26,30)(H,28,31,33);5-14,21,30H,3-4H2,1-2H3,(H2,25,28)(H,26,27,29);3-12,28H,2,13H2,1H3,(H2,23,26)(H,24,25,27);3-6,9-13,28H,2,7-8H2,1H3,(H2,22,26)(H,23,25);2-6,8,12,15H,7H2,1H3,(H2,22,24)(H,23,25,26)/t;21-;;;12-,15+/m.0..1/s1. The van der Waals surface area contributed by atoms with E-state index >= 15 is 0 Å². The Morgan fingerprint density at radius 3 is 1.30 bits per heavy atom. The van der Waals surface area contributed by atoms with Gasteiger partial charge in [0.25, 0.3) is 5.91 Å². The van der Waals surface area contributed by atoms with Gasteiger partial charge in [-0.05, 0) is 223 Å². The highest BCUT2D eigenvalue weighted by molar-refractivity contribution is 6.06. The second-order valence-electron chi connectivity index (χ2n) is 35.0. The summed E-state index contributed by atoms with van der Waals surface area (Å²) in [5.41, 5.74) is 47.9. The lowest BCUT2D eigenvalue weighted by Gasteiger charge is -2.22. The van der Waals surface area contributed by atoms with E-state index in [1.165, 1.54) is 34.5 Å². The fourth-order valence-electron chi connectivity index (χ4n) is 17.3. The van der Waals surface area contributed by atoms with E-state index in [9.17, 15) is 28.6 Å². The van der Waals surface area contributed by atoms with E-state index < -0.39 is 18.2 Å². The lowest BCUT2D eigenvalue weighted by Crippen LogP contribution is -2.29. The number of benzene rings is 5. The molecule has 34 heteroatoms. The van der Waals surface area contributed by atoms with Crippen LogP contribution in [-0.4, -0.2) is 132 Å². The number of fused-ring (bicyclic) bond motifs is 5. The highest BCUT2D eigenvalue weighted by atomic mass is 19.1. The first-order valence-corrected chi connectivity index (χ1v) is 48.1. The number of aromatic nitrogens is 16. The van der Waals surface area contributed by atoms with Crippen LogP contribution in [0.3, 0.4) is 0 Å². The summed E-state index contributed by atoms with van der Waals surface area (Å²) in [6.07, 6.45) is 22.0. The minimum absolute atomic E-state index is 0.0453. The number of piperidine rings is 1. The van der Waals surface area contributed by atoms with Crippen molar-refractivity contribution in [3.8, 4) is 56.3 Å². The molecular weight excluding hydrogens is 1830 g/mol. The average molecular weight is 1940 g/mol. The van der Waals surface area contributed by atoms with Crippen molar-refractivity contribution in [1.29, 1.82) is 0 Å². The molecule has 145 heavy (non-hydrogen) atoms. The van der Waals surface area contributed by atoms with Gasteiger partial charge in [0, 0.05) is 104 Å². The number of carbonyl (C=O) groups is 2. The summed E-state index contributed by atoms with van der Waals surface area (Å²) < 4.78 is 30.4. The number of anilines is 13. The summed E-state index contributed by atoms with van der Waals surface area (Å²) in [5, 5.41) is 63.7. The van der Waals surface area contributed by atoms with Gasteiger partial charge in [0.1, 0.15) is 81.8 Å². The van der Waals surface area contributed by atoms with E-state index in [1.54, 1.807) is 85.3 Å². The summed E-state index contributed by atoms with van der Waals surface area (Å²) in [6, 6.07) is 66.2. The first kappa shape index (κ1) is 99.2. The van der Waals surface area contributed by atoms with Crippen LogP contribution >= 0.6 is 0 Å². The lowest BCUT2D eigenvalue weighted by molar-refractivity contribution is -0.117. The van der Waals surface area contributed by atoms with Crippen LogP contribution in [-0.2, 0) is 43.6 Å². The maximum atomic E-state index is 13.9. The number of aliphatic hydroxyl groups is 3. The molecule has 32 nitrogen and oxygen atoms in total. The predicted molar refractivity (Wildman–Crippen MR) is 571 cm³/mol. The normalized spacial score (nSPS) is 13.4. The Hall–Kier alpha value is -17.3. The first-order chi connectivity index (χ1) is 70.5. The molecule has 0 radical (unpaired) electrons. The van der Waals surface area contributed by atoms with E-state index in [-0.39, 0.29) is 43.1 Å². The molecule has 0 unspecified atom stereocenters. The van der Waals surface area contributed by atoms with Gasteiger partial charge in [-0.1, -0.05) is 150 Å². The van der Waals surface area contributed by atoms with Crippen molar-refractivity contribution in [2.24, 2.45) is 5.92 Å². The second kappa shape index (κ2) is 45.5. The van der Waals surface area contributed by atoms with Gasteiger partial charge >= 0.3 is 0 Å². The number of nitrogens with one attached hydrogen (secondary N) is 6. The van der Waals surface area contributed by atoms with E-state index in [0.717, 1.165) is 151 Å². The minimum Gasteiger partial charge on any atom is -0.394 e. The molecule has 1 saturated carbocycles. The van der Waals surface area contributed by atoms with Crippen molar-refractivity contribution in [1.82, 2.24) is 84.7 Å². The number of nitrogens with two attached hydrogens (primary N) is 5. The number of pyridine rings is 12. The largest absolute Gasteiger partial charge is 0.394 e. The molecule has 15 heterocycles. The Labute approximate surface area is 835 Å². The van der Waals surface area contributed by atoms with Crippen LogP contribution in [0.1, 0.15) is 122 Å². The summed E-state index contributed by atoms with van der Waals surface area (Å²) in [4.78, 5) is 78.0. The topological polar surface area (TPSA) is 487 Å². The lowest BCUT2D eigenvalue weighted by atomic mass is 10.0. The predicted octanol–water partition coefficient (Wildman–Crippen LogP) is 19.9. The number of aryl methyl sites for hydroxylation is 4. The van der Waals surface area contributed by atoms with Crippen LogP contribution in [0.25, 0.3) is 110 Å². The van der Waals surface area contributed by atoms with Gasteiger partial charge in [-0.25, -0.2) is 68.6 Å². The third-order valence-electron chi connectivity index (χ3n) is 25.3. The Morgan fingerprint density at radius 1 is 0.448 bits per heavy atom. The Bertz CT molecular complexity index is 7940. The van der Waals surface area contributed by atoms with Gasteiger partial charge in [0.05, 0.1) is 95.6 Å². The summed E-state index contributed by atoms with van der Waals surface area (Å²) in [7, 11) is 0. The van der Waals surface area contributed by atoms with Gasteiger partial charge in [-0.3, -0.25) is 19.0 Å². The van der Waals surface area contributed by atoms with Crippen molar-refractivity contribution in [3.63, 3.8) is 0 Å². The molecule has 21 rings (SSSR count). The molecule has 2 amide bonds. The van der Waals surface area contributed by atoms with Crippen LogP contribution < -0.4 is 60.6 Å². The van der Waals surface area contributed by atoms with Crippen LogP contribution in [0.4, 0.5) is 84.3 Å². The highest BCUT2D eigenvalue weighted by Gasteiger charge is 2.44. The molecular formula is C111H111F2N27O5. The second-order valence-corrected chi connectivity index (χ2v) is 35.0. The molecule has 734 valence electrons.